The number of aromatic amines is 1. The van der Waals surface area contributed by atoms with Crippen LogP contribution in [0.5, 0.6) is 0 Å². The van der Waals surface area contributed by atoms with Crippen LogP contribution in [0.25, 0.3) is 21.3 Å². The van der Waals surface area contributed by atoms with E-state index in [4.69, 9.17) is 0 Å². The summed E-state index contributed by atoms with van der Waals surface area (Å²) >= 11 is 2.63. The molecule has 3 rings (SSSR count). The highest BCUT2D eigenvalue weighted by atomic mass is 32.2. The van der Waals surface area contributed by atoms with Gasteiger partial charge in [0.25, 0.3) is 5.56 Å². The molecule has 1 aromatic carbocycles. The van der Waals surface area contributed by atoms with Crippen LogP contribution < -0.4 is 10.9 Å². The first-order valence-corrected chi connectivity index (χ1v) is 10.9. The lowest BCUT2D eigenvalue weighted by atomic mass is 10.0. The van der Waals surface area contributed by atoms with Crippen molar-refractivity contribution >= 4 is 39.2 Å². The van der Waals surface area contributed by atoms with E-state index in [0.29, 0.717) is 15.4 Å². The quantitative estimate of drug-likeness (QED) is 0.437. The number of aromatic nitrogens is 2. The van der Waals surface area contributed by atoms with E-state index in [-0.39, 0.29) is 29.1 Å². The first-order valence-electron chi connectivity index (χ1n) is 9.10. The number of hydrogen-bond acceptors (Lipinski definition) is 5. The van der Waals surface area contributed by atoms with E-state index >= 15 is 0 Å². The summed E-state index contributed by atoms with van der Waals surface area (Å²) in [5.41, 5.74) is 1.30. The average molecular weight is 420 g/mol. The summed E-state index contributed by atoms with van der Waals surface area (Å²) in [6.45, 7) is 5.97. The number of amides is 1. The molecule has 8 heteroatoms. The van der Waals surface area contributed by atoms with E-state index < -0.39 is 0 Å². The Labute approximate surface area is 170 Å². The highest BCUT2D eigenvalue weighted by Crippen LogP contribution is 2.36. The molecule has 1 atom stereocenters. The maximum atomic E-state index is 13.2. The number of nitrogens with one attached hydrogen (secondary N) is 2. The van der Waals surface area contributed by atoms with Crippen LogP contribution in [-0.4, -0.2) is 27.7 Å². The number of halogens is 1. The number of carbonyl (C=O) groups is 1. The summed E-state index contributed by atoms with van der Waals surface area (Å²) in [5.74, 6) is -0.209. The van der Waals surface area contributed by atoms with Gasteiger partial charge in [0.05, 0.1) is 11.1 Å². The maximum Gasteiger partial charge on any atom is 0.260 e. The Balaban J connectivity index is 1.83. The third-order valence-electron chi connectivity index (χ3n) is 4.32. The zero-order chi connectivity index (χ0) is 20.3. The van der Waals surface area contributed by atoms with Crippen LogP contribution in [0.1, 0.15) is 31.6 Å². The smallest absolute Gasteiger partial charge is 0.260 e. The molecular formula is C20H22FN3O2S2. The number of rotatable bonds is 7. The molecule has 148 valence electrons. The highest BCUT2D eigenvalue weighted by molar-refractivity contribution is 7.99. The van der Waals surface area contributed by atoms with Gasteiger partial charge in [-0.2, -0.15) is 0 Å². The molecule has 0 aliphatic carbocycles. The Kier molecular flexibility index (Phi) is 6.51. The molecule has 0 saturated heterocycles. The number of hydrogen-bond donors (Lipinski definition) is 2. The van der Waals surface area contributed by atoms with Crippen LogP contribution in [0.4, 0.5) is 4.39 Å². The number of aryl methyl sites for hydroxylation is 1. The van der Waals surface area contributed by atoms with Gasteiger partial charge in [-0.25, -0.2) is 9.37 Å². The number of H-pyrrole nitrogens is 1. The Bertz CT molecular complexity index is 1040. The summed E-state index contributed by atoms with van der Waals surface area (Å²) in [7, 11) is 0. The molecule has 0 radical (unpaired) electrons. The van der Waals surface area contributed by atoms with Crippen LogP contribution in [0, 0.1) is 12.7 Å². The van der Waals surface area contributed by atoms with Crippen LogP contribution in [0.3, 0.4) is 0 Å². The Morgan fingerprint density at radius 1 is 1.36 bits per heavy atom. The molecule has 2 heterocycles. The summed E-state index contributed by atoms with van der Waals surface area (Å²) in [6, 6.07) is 6.21. The van der Waals surface area contributed by atoms with Gasteiger partial charge in [-0.1, -0.05) is 37.2 Å². The van der Waals surface area contributed by atoms with E-state index in [1.165, 1.54) is 35.2 Å². The fourth-order valence-electron chi connectivity index (χ4n) is 3.09. The number of thioether (sulfide) groups is 1. The monoisotopic (exact) mass is 419 g/mol. The van der Waals surface area contributed by atoms with Gasteiger partial charge >= 0.3 is 0 Å². The van der Waals surface area contributed by atoms with Crippen LogP contribution >= 0.6 is 23.1 Å². The molecule has 0 unspecified atom stereocenters. The molecule has 0 spiro atoms. The predicted molar refractivity (Wildman–Crippen MR) is 114 cm³/mol. The lowest BCUT2D eigenvalue weighted by molar-refractivity contribution is -0.119. The predicted octanol–water partition coefficient (Wildman–Crippen LogP) is 4.50. The molecule has 2 N–H and O–H groups in total. The van der Waals surface area contributed by atoms with Gasteiger partial charge in [0.1, 0.15) is 10.6 Å². The second-order valence-electron chi connectivity index (χ2n) is 6.64. The van der Waals surface area contributed by atoms with Crippen molar-refractivity contribution in [3.05, 3.63) is 45.3 Å². The molecule has 0 saturated carbocycles. The van der Waals surface area contributed by atoms with E-state index in [1.807, 2.05) is 13.8 Å². The molecule has 28 heavy (non-hydrogen) atoms. The number of nitrogens with zero attached hydrogens (tertiary/aromatic N) is 1. The number of carbonyl (C=O) groups excluding carboxylic acids is 1. The van der Waals surface area contributed by atoms with Crippen molar-refractivity contribution in [1.82, 2.24) is 15.3 Å². The fraction of sp³-hybridized carbons (Fsp3) is 0.350. The zero-order valence-electron chi connectivity index (χ0n) is 16.0. The van der Waals surface area contributed by atoms with Crippen LogP contribution in [0.2, 0.25) is 0 Å². The topological polar surface area (TPSA) is 74.8 Å². The first kappa shape index (κ1) is 20.5. The molecular weight excluding hydrogens is 397 g/mol. The van der Waals surface area contributed by atoms with E-state index in [9.17, 15) is 14.0 Å². The molecule has 0 bridgehead atoms. The van der Waals surface area contributed by atoms with Crippen molar-refractivity contribution in [3.8, 4) is 11.1 Å². The van der Waals surface area contributed by atoms with Crippen molar-refractivity contribution in [2.24, 2.45) is 0 Å². The zero-order valence-corrected chi connectivity index (χ0v) is 17.6. The van der Waals surface area contributed by atoms with Crippen LogP contribution in [-0.2, 0) is 4.79 Å². The molecule has 0 fully saturated rings. The fourth-order valence-corrected chi connectivity index (χ4v) is 4.86. The lowest BCUT2D eigenvalue weighted by Gasteiger charge is -2.12. The first-order chi connectivity index (χ1) is 13.4. The summed E-state index contributed by atoms with van der Waals surface area (Å²) < 4.78 is 13.2. The SMILES string of the molecule is CCC[C@H](C)NC(=O)CSc1nc2sc(C)c(-c3ccc(F)cc3)c2c(=O)[nH]1. The van der Waals surface area contributed by atoms with Crippen LogP contribution in [0.15, 0.2) is 34.2 Å². The number of fused-ring (bicyclic) bond motifs is 1. The summed E-state index contributed by atoms with van der Waals surface area (Å²) in [5, 5.41) is 3.85. The maximum absolute atomic E-state index is 13.2. The van der Waals surface area contributed by atoms with Gasteiger partial charge in [-0.3, -0.25) is 9.59 Å². The Hall–Kier alpha value is -2.19. The third-order valence-corrected chi connectivity index (χ3v) is 6.19. The summed E-state index contributed by atoms with van der Waals surface area (Å²) in [4.78, 5) is 33.6. The van der Waals surface area contributed by atoms with Gasteiger partial charge in [-0.15, -0.1) is 11.3 Å². The van der Waals surface area contributed by atoms with Gasteiger partial charge in [-0.05, 0) is 38.0 Å². The summed E-state index contributed by atoms with van der Waals surface area (Å²) in [6.07, 6.45) is 1.94. The molecule has 2 aromatic heterocycles. The van der Waals surface area contributed by atoms with E-state index in [1.54, 1.807) is 12.1 Å². The number of thiophene rings is 1. The second-order valence-corrected chi connectivity index (χ2v) is 8.80. The molecule has 5 nitrogen and oxygen atoms in total. The third kappa shape index (κ3) is 4.62. The van der Waals surface area contributed by atoms with Gasteiger partial charge < -0.3 is 10.3 Å². The van der Waals surface area contributed by atoms with Gasteiger partial charge in [0.15, 0.2) is 5.16 Å². The van der Waals surface area contributed by atoms with Crippen molar-refractivity contribution in [3.63, 3.8) is 0 Å². The van der Waals surface area contributed by atoms with Crippen molar-refractivity contribution in [2.45, 2.75) is 44.8 Å². The Morgan fingerprint density at radius 2 is 2.07 bits per heavy atom. The minimum Gasteiger partial charge on any atom is -0.353 e. The minimum absolute atomic E-state index is 0.0805. The largest absolute Gasteiger partial charge is 0.353 e. The number of benzene rings is 1. The average Bonchev–Trinajstić information content (AvgIpc) is 2.97. The standard InChI is InChI=1S/C20H22FN3O2S2/c1-4-5-11(2)22-15(25)10-27-20-23-18(26)17-16(12(3)28-19(17)24-20)13-6-8-14(21)9-7-13/h6-9,11H,4-5,10H2,1-3H3,(H,22,25)(H,23,24,26)/t11-/m0/s1. The molecule has 0 aliphatic heterocycles. The second kappa shape index (κ2) is 8.87. The molecule has 0 aliphatic rings. The lowest BCUT2D eigenvalue weighted by Crippen LogP contribution is -2.33. The van der Waals surface area contributed by atoms with Crippen molar-refractivity contribution < 1.29 is 9.18 Å². The van der Waals surface area contributed by atoms with E-state index in [2.05, 4.69) is 22.2 Å². The highest BCUT2D eigenvalue weighted by Gasteiger charge is 2.17. The van der Waals surface area contributed by atoms with Gasteiger partial charge in [0.2, 0.25) is 5.91 Å². The molecule has 3 aromatic rings. The molecule has 1 amide bonds. The van der Waals surface area contributed by atoms with Gasteiger partial charge in [0, 0.05) is 16.5 Å². The van der Waals surface area contributed by atoms with Crippen molar-refractivity contribution in [1.29, 1.82) is 0 Å². The normalized spacial score (nSPS) is 12.3. The van der Waals surface area contributed by atoms with Crippen molar-refractivity contribution in [2.75, 3.05) is 5.75 Å². The van der Waals surface area contributed by atoms with E-state index in [0.717, 1.165) is 28.8 Å². The minimum atomic E-state index is -0.321. The Morgan fingerprint density at radius 3 is 2.75 bits per heavy atom.